The third-order valence-corrected chi connectivity index (χ3v) is 2.51. The van der Waals surface area contributed by atoms with E-state index in [0.29, 0.717) is 6.42 Å². The highest BCUT2D eigenvalue weighted by Gasteiger charge is 2.23. The summed E-state index contributed by atoms with van der Waals surface area (Å²) < 4.78 is 5.11. The lowest BCUT2D eigenvalue weighted by atomic mass is 10.2. The van der Waals surface area contributed by atoms with Gasteiger partial charge in [0.25, 0.3) is 0 Å². The third-order valence-electron chi connectivity index (χ3n) is 1.86. The normalized spacial score (nSPS) is 12.8. The average molecular weight is 262 g/mol. The van der Waals surface area contributed by atoms with E-state index in [-0.39, 0.29) is 5.91 Å². The first kappa shape index (κ1) is 16.1. The first-order chi connectivity index (χ1) is 7.80. The molecule has 0 aromatic carbocycles. The van der Waals surface area contributed by atoms with Crippen molar-refractivity contribution >= 4 is 23.8 Å². The Bertz CT molecular complexity index is 264. The zero-order valence-electron chi connectivity index (χ0n) is 11.1. The van der Waals surface area contributed by atoms with Crippen molar-refractivity contribution in [3.05, 3.63) is 0 Å². The molecule has 0 aromatic heterocycles. The van der Waals surface area contributed by atoms with Gasteiger partial charge in [0.1, 0.15) is 11.6 Å². The van der Waals surface area contributed by atoms with E-state index >= 15 is 0 Å². The van der Waals surface area contributed by atoms with Gasteiger partial charge in [0.2, 0.25) is 5.91 Å². The van der Waals surface area contributed by atoms with E-state index in [2.05, 4.69) is 10.6 Å². The molecule has 0 saturated carbocycles. The minimum Gasteiger partial charge on any atom is -0.444 e. The second kappa shape index (κ2) is 7.42. The van der Waals surface area contributed by atoms with Crippen molar-refractivity contribution in [2.24, 2.45) is 0 Å². The predicted octanol–water partition coefficient (Wildman–Crippen LogP) is 1.38. The van der Waals surface area contributed by atoms with Crippen LogP contribution in [0.15, 0.2) is 0 Å². The second-order valence-electron chi connectivity index (χ2n) is 4.59. The number of amides is 2. The lowest BCUT2D eigenvalue weighted by Crippen LogP contribution is -2.47. The number of hydrogen-bond acceptors (Lipinski definition) is 4. The van der Waals surface area contributed by atoms with Gasteiger partial charge in [-0.25, -0.2) is 4.79 Å². The Kier molecular flexibility index (Phi) is 7.03. The van der Waals surface area contributed by atoms with Crippen molar-refractivity contribution < 1.29 is 14.3 Å². The van der Waals surface area contributed by atoms with Gasteiger partial charge in [0.15, 0.2) is 0 Å². The van der Waals surface area contributed by atoms with Crippen LogP contribution in [0.4, 0.5) is 4.79 Å². The number of carbonyl (C=O) groups is 2. The zero-order valence-corrected chi connectivity index (χ0v) is 11.9. The molecule has 0 radical (unpaired) electrons. The van der Waals surface area contributed by atoms with Crippen LogP contribution in [0.25, 0.3) is 0 Å². The molecule has 100 valence electrons. The van der Waals surface area contributed by atoms with E-state index < -0.39 is 17.7 Å². The molecule has 17 heavy (non-hydrogen) atoms. The number of thioether (sulfide) groups is 1. The summed E-state index contributed by atoms with van der Waals surface area (Å²) in [6.45, 7) is 5.34. The minimum absolute atomic E-state index is 0.204. The van der Waals surface area contributed by atoms with Crippen LogP contribution in [-0.4, -0.2) is 42.7 Å². The number of ether oxygens (including phenoxy) is 1. The van der Waals surface area contributed by atoms with Crippen molar-refractivity contribution in [1.29, 1.82) is 0 Å². The fourth-order valence-corrected chi connectivity index (χ4v) is 1.60. The van der Waals surface area contributed by atoms with Crippen LogP contribution < -0.4 is 10.6 Å². The largest absolute Gasteiger partial charge is 0.444 e. The first-order valence-corrected chi connectivity index (χ1v) is 6.89. The van der Waals surface area contributed by atoms with Gasteiger partial charge in [0, 0.05) is 7.05 Å². The molecule has 1 unspecified atom stereocenters. The summed E-state index contributed by atoms with van der Waals surface area (Å²) in [5, 5.41) is 5.10. The van der Waals surface area contributed by atoms with Gasteiger partial charge in [-0.05, 0) is 39.2 Å². The van der Waals surface area contributed by atoms with E-state index in [9.17, 15) is 9.59 Å². The van der Waals surface area contributed by atoms with Gasteiger partial charge in [0.05, 0.1) is 0 Å². The Balaban J connectivity index is 4.32. The van der Waals surface area contributed by atoms with Crippen molar-refractivity contribution in [2.75, 3.05) is 19.1 Å². The number of likely N-dealkylation sites (N-methyl/N-ethyl adjacent to an activating group) is 1. The number of alkyl carbamates (subject to hydrolysis) is 1. The van der Waals surface area contributed by atoms with E-state index in [4.69, 9.17) is 4.74 Å². The monoisotopic (exact) mass is 262 g/mol. The van der Waals surface area contributed by atoms with Crippen molar-refractivity contribution in [1.82, 2.24) is 10.6 Å². The quantitative estimate of drug-likeness (QED) is 0.785. The molecule has 1 atom stereocenters. The maximum Gasteiger partial charge on any atom is 0.408 e. The Morgan fingerprint density at radius 3 is 2.35 bits per heavy atom. The zero-order chi connectivity index (χ0) is 13.5. The van der Waals surface area contributed by atoms with E-state index in [1.165, 1.54) is 0 Å². The molecule has 2 amide bonds. The molecule has 6 heteroatoms. The fourth-order valence-electron chi connectivity index (χ4n) is 1.13. The molecule has 0 aliphatic heterocycles. The van der Waals surface area contributed by atoms with Crippen LogP contribution >= 0.6 is 11.8 Å². The van der Waals surface area contributed by atoms with Crippen LogP contribution in [0.5, 0.6) is 0 Å². The topological polar surface area (TPSA) is 67.4 Å². The van der Waals surface area contributed by atoms with E-state index in [0.717, 1.165) is 5.75 Å². The van der Waals surface area contributed by atoms with Crippen LogP contribution in [0.3, 0.4) is 0 Å². The Labute approximate surface area is 107 Å². The van der Waals surface area contributed by atoms with Gasteiger partial charge in [-0.1, -0.05) is 0 Å². The van der Waals surface area contributed by atoms with Crippen molar-refractivity contribution in [3.63, 3.8) is 0 Å². The molecular weight excluding hydrogens is 240 g/mol. The molecule has 0 aliphatic carbocycles. The SMILES string of the molecule is CNC(=O)C(CCSC)NC(=O)OC(C)(C)C. The van der Waals surface area contributed by atoms with Crippen LogP contribution in [0, 0.1) is 0 Å². The van der Waals surface area contributed by atoms with Crippen LogP contribution in [-0.2, 0) is 9.53 Å². The summed E-state index contributed by atoms with van der Waals surface area (Å²) in [4.78, 5) is 23.1. The van der Waals surface area contributed by atoms with Crippen LogP contribution in [0.1, 0.15) is 27.2 Å². The highest BCUT2D eigenvalue weighted by Crippen LogP contribution is 2.08. The molecule has 0 aliphatic rings. The molecule has 5 nitrogen and oxygen atoms in total. The summed E-state index contributed by atoms with van der Waals surface area (Å²) in [5.74, 6) is 0.596. The molecule has 0 bridgehead atoms. The average Bonchev–Trinajstić information content (AvgIpc) is 2.20. The predicted molar refractivity (Wildman–Crippen MR) is 70.2 cm³/mol. The number of hydrogen-bond donors (Lipinski definition) is 2. The number of rotatable bonds is 5. The van der Waals surface area contributed by atoms with Crippen LogP contribution in [0.2, 0.25) is 0 Å². The third kappa shape index (κ3) is 7.90. The lowest BCUT2D eigenvalue weighted by molar-refractivity contribution is -0.122. The maximum absolute atomic E-state index is 11.5. The van der Waals surface area contributed by atoms with E-state index in [1.807, 2.05) is 6.26 Å². The molecule has 0 spiro atoms. The Hall–Kier alpha value is -0.910. The molecular formula is C11H22N2O3S. The maximum atomic E-state index is 11.5. The highest BCUT2D eigenvalue weighted by molar-refractivity contribution is 7.98. The minimum atomic E-state index is -0.563. The van der Waals surface area contributed by atoms with Gasteiger partial charge in [-0.2, -0.15) is 11.8 Å². The second-order valence-corrected chi connectivity index (χ2v) is 5.58. The van der Waals surface area contributed by atoms with Crippen molar-refractivity contribution in [2.45, 2.75) is 38.8 Å². The smallest absolute Gasteiger partial charge is 0.408 e. The lowest BCUT2D eigenvalue weighted by Gasteiger charge is -2.22. The molecule has 0 fully saturated rings. The summed E-state index contributed by atoms with van der Waals surface area (Å²) in [7, 11) is 1.55. The fraction of sp³-hybridized carbons (Fsp3) is 0.818. The standard InChI is InChI=1S/C11H22N2O3S/c1-11(2,3)16-10(15)13-8(6-7-17-5)9(14)12-4/h8H,6-7H2,1-5H3,(H,12,14)(H,13,15). The number of carbonyl (C=O) groups excluding carboxylic acids is 2. The van der Waals surface area contributed by atoms with Crippen molar-refractivity contribution in [3.8, 4) is 0 Å². The molecule has 0 aromatic rings. The molecule has 2 N–H and O–H groups in total. The number of nitrogens with one attached hydrogen (secondary N) is 2. The summed E-state index contributed by atoms with van der Waals surface area (Å²) in [6.07, 6.45) is 1.97. The van der Waals surface area contributed by atoms with E-state index in [1.54, 1.807) is 39.6 Å². The Morgan fingerprint density at radius 1 is 1.35 bits per heavy atom. The summed E-state index contributed by atoms with van der Waals surface area (Å²) in [5.41, 5.74) is -0.559. The van der Waals surface area contributed by atoms with Gasteiger partial charge < -0.3 is 15.4 Å². The molecule has 0 heterocycles. The first-order valence-electron chi connectivity index (χ1n) is 5.50. The van der Waals surface area contributed by atoms with Gasteiger partial charge in [-0.15, -0.1) is 0 Å². The Morgan fingerprint density at radius 2 is 1.94 bits per heavy atom. The molecule has 0 rings (SSSR count). The highest BCUT2D eigenvalue weighted by atomic mass is 32.2. The molecule has 0 saturated heterocycles. The van der Waals surface area contributed by atoms with Gasteiger partial charge >= 0.3 is 6.09 Å². The summed E-state index contributed by atoms with van der Waals surface area (Å²) >= 11 is 1.63. The summed E-state index contributed by atoms with van der Waals surface area (Å²) in [6, 6.07) is -0.540. The van der Waals surface area contributed by atoms with Gasteiger partial charge in [-0.3, -0.25) is 4.79 Å².